The summed E-state index contributed by atoms with van der Waals surface area (Å²) in [6.45, 7) is 0.189. The van der Waals surface area contributed by atoms with Crippen LogP contribution in [0.3, 0.4) is 0 Å². The lowest BCUT2D eigenvalue weighted by atomic mass is 10.2. The first-order chi connectivity index (χ1) is 14.6. The van der Waals surface area contributed by atoms with Crippen molar-refractivity contribution < 1.29 is 19.1 Å². The van der Waals surface area contributed by atoms with Crippen molar-refractivity contribution in [2.75, 3.05) is 25.3 Å². The quantitative estimate of drug-likeness (QED) is 0.449. The highest BCUT2D eigenvalue weighted by Gasteiger charge is 2.10. The lowest BCUT2D eigenvalue weighted by Gasteiger charge is -2.06. The van der Waals surface area contributed by atoms with Crippen LogP contribution in [0, 0.1) is 0 Å². The lowest BCUT2D eigenvalue weighted by molar-refractivity contribution is -0.113. The van der Waals surface area contributed by atoms with Crippen LogP contribution in [-0.2, 0) is 11.3 Å². The van der Waals surface area contributed by atoms with E-state index < -0.39 is 0 Å². The largest absolute Gasteiger partial charge is 0.497 e. The summed E-state index contributed by atoms with van der Waals surface area (Å²) in [5.74, 6) is 1.56. The Labute approximate surface area is 177 Å². The molecular formula is C20H21N5O4S. The van der Waals surface area contributed by atoms with E-state index in [0.717, 1.165) is 0 Å². The Morgan fingerprint density at radius 2 is 1.83 bits per heavy atom. The van der Waals surface area contributed by atoms with Gasteiger partial charge in [-0.15, -0.1) is 5.10 Å². The van der Waals surface area contributed by atoms with E-state index in [9.17, 15) is 9.59 Å². The first-order valence-electron chi connectivity index (χ1n) is 8.97. The fourth-order valence-electron chi connectivity index (χ4n) is 2.46. The SMILES string of the molecule is COc1ccc(C(=O)NCc2nc(SCC(=O)Nc3cccc(OC)c3)n[nH]2)cc1. The molecule has 3 N–H and O–H groups in total. The zero-order valence-corrected chi connectivity index (χ0v) is 17.3. The second-order valence-corrected chi connectivity index (χ2v) is 6.99. The molecule has 0 aliphatic heterocycles. The maximum absolute atomic E-state index is 12.2. The molecule has 10 heteroatoms. The second kappa shape index (κ2) is 10.3. The minimum atomic E-state index is -0.235. The van der Waals surface area contributed by atoms with Crippen molar-refractivity contribution in [3.05, 3.63) is 59.9 Å². The van der Waals surface area contributed by atoms with Crippen molar-refractivity contribution in [3.63, 3.8) is 0 Å². The molecule has 0 radical (unpaired) electrons. The number of hydrogen-bond acceptors (Lipinski definition) is 7. The average Bonchev–Trinajstić information content (AvgIpc) is 3.24. The first-order valence-corrected chi connectivity index (χ1v) is 9.96. The summed E-state index contributed by atoms with van der Waals surface area (Å²) in [7, 11) is 3.13. The number of ether oxygens (including phenoxy) is 2. The summed E-state index contributed by atoms with van der Waals surface area (Å²) < 4.78 is 10.2. The Balaban J connectivity index is 1.45. The molecule has 0 aliphatic carbocycles. The third-order valence-corrected chi connectivity index (χ3v) is 4.81. The summed E-state index contributed by atoms with van der Waals surface area (Å²) in [5, 5.41) is 12.8. The predicted molar refractivity (Wildman–Crippen MR) is 113 cm³/mol. The average molecular weight is 427 g/mol. The highest BCUT2D eigenvalue weighted by Crippen LogP contribution is 2.18. The van der Waals surface area contributed by atoms with Gasteiger partial charge < -0.3 is 20.1 Å². The molecule has 0 saturated carbocycles. The molecule has 2 amide bonds. The Morgan fingerprint density at radius 3 is 2.57 bits per heavy atom. The molecular weight excluding hydrogens is 406 g/mol. The van der Waals surface area contributed by atoms with Gasteiger partial charge in [0.25, 0.3) is 5.91 Å². The number of amides is 2. The molecule has 0 fully saturated rings. The van der Waals surface area contributed by atoms with Crippen LogP contribution in [0.4, 0.5) is 5.69 Å². The number of aromatic amines is 1. The molecule has 1 heterocycles. The molecule has 0 saturated heterocycles. The zero-order chi connectivity index (χ0) is 21.3. The van der Waals surface area contributed by atoms with Crippen molar-refractivity contribution in [1.82, 2.24) is 20.5 Å². The smallest absolute Gasteiger partial charge is 0.251 e. The molecule has 30 heavy (non-hydrogen) atoms. The summed E-state index contributed by atoms with van der Waals surface area (Å²) in [6.07, 6.45) is 0. The molecule has 3 rings (SSSR count). The summed E-state index contributed by atoms with van der Waals surface area (Å²) >= 11 is 1.19. The number of nitrogens with zero attached hydrogens (tertiary/aromatic N) is 2. The van der Waals surface area contributed by atoms with Crippen LogP contribution in [-0.4, -0.2) is 47.0 Å². The van der Waals surface area contributed by atoms with Gasteiger partial charge in [-0.1, -0.05) is 17.8 Å². The number of carbonyl (C=O) groups excluding carboxylic acids is 2. The third kappa shape index (κ3) is 5.98. The number of carbonyl (C=O) groups is 2. The van der Waals surface area contributed by atoms with E-state index in [2.05, 4.69) is 25.8 Å². The van der Waals surface area contributed by atoms with E-state index in [1.54, 1.807) is 62.8 Å². The van der Waals surface area contributed by atoms with Gasteiger partial charge in [0.15, 0.2) is 0 Å². The van der Waals surface area contributed by atoms with Gasteiger partial charge in [0.05, 0.1) is 26.5 Å². The van der Waals surface area contributed by atoms with Crippen molar-refractivity contribution in [1.29, 1.82) is 0 Å². The second-order valence-electron chi connectivity index (χ2n) is 6.04. The van der Waals surface area contributed by atoms with Crippen molar-refractivity contribution in [2.45, 2.75) is 11.7 Å². The molecule has 0 unspecified atom stereocenters. The maximum Gasteiger partial charge on any atom is 0.251 e. The number of thioether (sulfide) groups is 1. The number of hydrogen-bond donors (Lipinski definition) is 3. The highest BCUT2D eigenvalue weighted by atomic mass is 32.2. The number of aromatic nitrogens is 3. The molecule has 1 aromatic heterocycles. The number of methoxy groups -OCH3 is 2. The molecule has 2 aromatic carbocycles. The van der Waals surface area contributed by atoms with Crippen LogP contribution in [0.15, 0.2) is 53.7 Å². The van der Waals surface area contributed by atoms with Gasteiger partial charge in [-0.05, 0) is 36.4 Å². The minimum absolute atomic E-state index is 0.146. The molecule has 0 bridgehead atoms. The van der Waals surface area contributed by atoms with Gasteiger partial charge in [0, 0.05) is 17.3 Å². The Kier molecular flexibility index (Phi) is 7.28. The topological polar surface area (TPSA) is 118 Å². The van der Waals surface area contributed by atoms with Gasteiger partial charge in [-0.2, -0.15) is 0 Å². The molecule has 0 aliphatic rings. The van der Waals surface area contributed by atoms with Gasteiger partial charge in [0.1, 0.15) is 17.3 Å². The van der Waals surface area contributed by atoms with Crippen LogP contribution in [0.2, 0.25) is 0 Å². The Morgan fingerprint density at radius 1 is 1.07 bits per heavy atom. The van der Waals surface area contributed by atoms with Gasteiger partial charge in [-0.3, -0.25) is 14.7 Å². The normalized spacial score (nSPS) is 10.3. The molecule has 3 aromatic rings. The summed E-state index contributed by atoms with van der Waals surface area (Å²) in [6, 6.07) is 13.9. The lowest BCUT2D eigenvalue weighted by Crippen LogP contribution is -2.23. The predicted octanol–water partition coefficient (Wildman–Crippen LogP) is 2.48. The fourth-order valence-corrected chi connectivity index (χ4v) is 3.08. The number of nitrogens with one attached hydrogen (secondary N) is 3. The van der Waals surface area contributed by atoms with E-state index >= 15 is 0 Å². The number of rotatable bonds is 9. The van der Waals surface area contributed by atoms with E-state index in [-0.39, 0.29) is 24.1 Å². The Bertz CT molecular complexity index is 1010. The maximum atomic E-state index is 12.2. The zero-order valence-electron chi connectivity index (χ0n) is 16.5. The minimum Gasteiger partial charge on any atom is -0.497 e. The number of H-pyrrole nitrogens is 1. The van der Waals surface area contributed by atoms with Crippen LogP contribution < -0.4 is 20.1 Å². The molecule has 9 nitrogen and oxygen atoms in total. The molecule has 0 spiro atoms. The summed E-state index contributed by atoms with van der Waals surface area (Å²) in [5.41, 5.74) is 1.16. The van der Waals surface area contributed by atoms with E-state index in [0.29, 0.717) is 33.7 Å². The molecule has 0 atom stereocenters. The van der Waals surface area contributed by atoms with Crippen LogP contribution >= 0.6 is 11.8 Å². The first kappa shape index (κ1) is 21.2. The summed E-state index contributed by atoms with van der Waals surface area (Å²) in [4.78, 5) is 28.6. The number of anilines is 1. The van der Waals surface area contributed by atoms with E-state index in [1.807, 2.05) is 0 Å². The highest BCUT2D eigenvalue weighted by molar-refractivity contribution is 7.99. The third-order valence-electron chi connectivity index (χ3n) is 3.97. The standard InChI is InChI=1S/C20H21N5O4S/c1-28-15-8-6-13(7-9-15)19(27)21-11-17-23-20(25-24-17)30-12-18(26)22-14-4-3-5-16(10-14)29-2/h3-10H,11-12H2,1-2H3,(H,21,27)(H,22,26)(H,23,24,25). The van der Waals surface area contributed by atoms with Crippen LogP contribution in [0.25, 0.3) is 0 Å². The van der Waals surface area contributed by atoms with Gasteiger partial charge >= 0.3 is 0 Å². The van der Waals surface area contributed by atoms with Crippen molar-refractivity contribution in [3.8, 4) is 11.5 Å². The molecule has 156 valence electrons. The van der Waals surface area contributed by atoms with Crippen molar-refractivity contribution >= 4 is 29.3 Å². The van der Waals surface area contributed by atoms with E-state index in [1.165, 1.54) is 11.8 Å². The van der Waals surface area contributed by atoms with Gasteiger partial charge in [0.2, 0.25) is 11.1 Å². The van der Waals surface area contributed by atoms with Crippen molar-refractivity contribution in [2.24, 2.45) is 0 Å². The monoisotopic (exact) mass is 427 g/mol. The van der Waals surface area contributed by atoms with E-state index in [4.69, 9.17) is 9.47 Å². The Hall–Kier alpha value is -3.53. The van der Waals surface area contributed by atoms with Crippen LogP contribution in [0.5, 0.6) is 11.5 Å². The van der Waals surface area contributed by atoms with Crippen LogP contribution in [0.1, 0.15) is 16.2 Å². The van der Waals surface area contributed by atoms with Gasteiger partial charge in [-0.25, -0.2) is 4.98 Å². The number of benzene rings is 2. The fraction of sp³-hybridized carbons (Fsp3) is 0.200.